The molecule has 2 aromatic rings. The number of nitro benzene ring substituents is 1. The minimum Gasteiger partial charge on any atom is -0.481 e. The number of non-ortho nitro benzene ring substituents is 1. The van der Waals surface area contributed by atoms with Crippen LogP contribution in [0.1, 0.15) is 23.6 Å². The molecule has 0 aliphatic heterocycles. The lowest BCUT2D eigenvalue weighted by Gasteiger charge is -2.16. The Hall–Kier alpha value is -2.89. The summed E-state index contributed by atoms with van der Waals surface area (Å²) in [6.07, 6.45) is -0.731. The van der Waals surface area contributed by atoms with Gasteiger partial charge < -0.3 is 10.1 Å². The molecule has 2 rings (SSSR count). The molecule has 0 heterocycles. The highest BCUT2D eigenvalue weighted by atomic mass is 16.6. The molecular formula is C18H20N2O4. The number of nitrogens with one attached hydrogen (secondary N) is 1. The highest BCUT2D eigenvalue weighted by Gasteiger charge is 2.17. The fourth-order valence-corrected chi connectivity index (χ4v) is 2.14. The van der Waals surface area contributed by atoms with Gasteiger partial charge in [0.25, 0.3) is 11.6 Å². The summed E-state index contributed by atoms with van der Waals surface area (Å²) in [6.45, 7) is 7.38. The molecule has 1 unspecified atom stereocenters. The van der Waals surface area contributed by atoms with Crippen LogP contribution in [0.15, 0.2) is 36.4 Å². The molecule has 0 bridgehead atoms. The van der Waals surface area contributed by atoms with E-state index in [9.17, 15) is 14.9 Å². The lowest BCUT2D eigenvalue weighted by atomic mass is 10.1. The van der Waals surface area contributed by atoms with Gasteiger partial charge in [0.2, 0.25) is 0 Å². The van der Waals surface area contributed by atoms with E-state index in [4.69, 9.17) is 4.74 Å². The number of nitrogens with zero attached hydrogens (tertiary/aromatic N) is 1. The molecule has 1 N–H and O–H groups in total. The second-order valence-electron chi connectivity index (χ2n) is 5.75. The van der Waals surface area contributed by atoms with Crippen molar-refractivity contribution in [2.24, 2.45) is 0 Å². The molecule has 1 amide bonds. The van der Waals surface area contributed by atoms with Crippen molar-refractivity contribution >= 4 is 17.3 Å². The van der Waals surface area contributed by atoms with E-state index in [0.29, 0.717) is 11.4 Å². The Bertz CT molecular complexity index is 787. The Morgan fingerprint density at radius 2 is 1.75 bits per heavy atom. The van der Waals surface area contributed by atoms with Gasteiger partial charge in [-0.05, 0) is 56.5 Å². The molecule has 24 heavy (non-hydrogen) atoms. The number of anilines is 1. The quantitative estimate of drug-likeness (QED) is 0.666. The zero-order valence-electron chi connectivity index (χ0n) is 14.1. The minimum absolute atomic E-state index is 0.0707. The van der Waals surface area contributed by atoms with E-state index in [1.165, 1.54) is 12.1 Å². The molecule has 126 valence electrons. The summed E-state index contributed by atoms with van der Waals surface area (Å²) in [7, 11) is 0. The third-order valence-corrected chi connectivity index (χ3v) is 3.85. The van der Waals surface area contributed by atoms with Gasteiger partial charge in [0.05, 0.1) is 10.6 Å². The standard InChI is InChI=1S/C18H20N2O4/c1-11-6-8-16(9-13(11)3)24-14(4)18(21)19-17-10-15(20(22)23)7-5-12(17)2/h5-10,14H,1-4H3,(H,19,21). The Balaban J connectivity index is 2.10. The number of nitro groups is 1. The molecule has 0 aliphatic rings. The number of aryl methyl sites for hydroxylation is 3. The van der Waals surface area contributed by atoms with Crippen molar-refractivity contribution in [3.8, 4) is 5.75 Å². The summed E-state index contributed by atoms with van der Waals surface area (Å²) in [5.74, 6) is 0.244. The maximum absolute atomic E-state index is 12.3. The SMILES string of the molecule is Cc1ccc(OC(C)C(=O)Nc2cc([N+](=O)[O-])ccc2C)cc1C. The molecule has 6 heteroatoms. The summed E-state index contributed by atoms with van der Waals surface area (Å²) < 4.78 is 5.66. The van der Waals surface area contributed by atoms with Crippen LogP contribution in [0.25, 0.3) is 0 Å². The van der Waals surface area contributed by atoms with Gasteiger partial charge in [-0.1, -0.05) is 12.1 Å². The van der Waals surface area contributed by atoms with E-state index < -0.39 is 11.0 Å². The van der Waals surface area contributed by atoms with Crippen LogP contribution in [-0.4, -0.2) is 16.9 Å². The van der Waals surface area contributed by atoms with Crippen LogP contribution in [-0.2, 0) is 4.79 Å². The average molecular weight is 328 g/mol. The number of ether oxygens (including phenoxy) is 1. The average Bonchev–Trinajstić information content (AvgIpc) is 2.52. The van der Waals surface area contributed by atoms with Gasteiger partial charge in [-0.2, -0.15) is 0 Å². The van der Waals surface area contributed by atoms with Gasteiger partial charge in [-0.25, -0.2) is 0 Å². The Labute approximate surface area is 140 Å². The minimum atomic E-state index is -0.731. The first-order valence-corrected chi connectivity index (χ1v) is 7.57. The van der Waals surface area contributed by atoms with Gasteiger partial charge in [0.15, 0.2) is 6.10 Å². The molecule has 0 saturated heterocycles. The van der Waals surface area contributed by atoms with E-state index in [-0.39, 0.29) is 11.6 Å². The van der Waals surface area contributed by atoms with E-state index in [0.717, 1.165) is 16.7 Å². The molecule has 2 aromatic carbocycles. The molecule has 0 aliphatic carbocycles. The van der Waals surface area contributed by atoms with Crippen LogP contribution in [0.2, 0.25) is 0 Å². The molecule has 0 aromatic heterocycles. The molecule has 1 atom stereocenters. The van der Waals surface area contributed by atoms with Gasteiger partial charge in [-0.15, -0.1) is 0 Å². The molecule has 6 nitrogen and oxygen atoms in total. The van der Waals surface area contributed by atoms with E-state index in [1.54, 1.807) is 19.9 Å². The molecule has 0 fully saturated rings. The first-order chi connectivity index (χ1) is 11.3. The van der Waals surface area contributed by atoms with Gasteiger partial charge in [-0.3, -0.25) is 14.9 Å². The van der Waals surface area contributed by atoms with Crippen LogP contribution in [0.4, 0.5) is 11.4 Å². The van der Waals surface area contributed by atoms with Crippen LogP contribution >= 0.6 is 0 Å². The first-order valence-electron chi connectivity index (χ1n) is 7.57. The largest absolute Gasteiger partial charge is 0.481 e. The van der Waals surface area contributed by atoms with E-state index in [2.05, 4.69) is 5.32 Å². The summed E-state index contributed by atoms with van der Waals surface area (Å²) in [6, 6.07) is 9.96. The molecule has 0 saturated carbocycles. The Kier molecular flexibility index (Phi) is 5.18. The third kappa shape index (κ3) is 4.10. The lowest BCUT2D eigenvalue weighted by Crippen LogP contribution is -2.30. The second-order valence-corrected chi connectivity index (χ2v) is 5.75. The van der Waals surface area contributed by atoms with Crippen molar-refractivity contribution in [1.29, 1.82) is 0 Å². The molecular weight excluding hydrogens is 308 g/mol. The number of hydrogen-bond acceptors (Lipinski definition) is 4. The van der Waals surface area contributed by atoms with Gasteiger partial charge >= 0.3 is 0 Å². The van der Waals surface area contributed by atoms with Gasteiger partial charge in [0.1, 0.15) is 5.75 Å². The van der Waals surface area contributed by atoms with Crippen LogP contribution in [0.5, 0.6) is 5.75 Å². The number of carbonyl (C=O) groups excluding carboxylic acids is 1. The Morgan fingerprint density at radius 3 is 2.38 bits per heavy atom. The summed E-state index contributed by atoms with van der Waals surface area (Å²) in [5, 5.41) is 13.5. The zero-order valence-corrected chi connectivity index (χ0v) is 14.1. The predicted molar refractivity (Wildman–Crippen MR) is 92.5 cm³/mol. The van der Waals surface area contributed by atoms with Crippen molar-refractivity contribution < 1.29 is 14.5 Å². The summed E-state index contributed by atoms with van der Waals surface area (Å²) >= 11 is 0. The highest BCUT2D eigenvalue weighted by molar-refractivity contribution is 5.95. The second kappa shape index (κ2) is 7.12. The Morgan fingerprint density at radius 1 is 1.08 bits per heavy atom. The van der Waals surface area contributed by atoms with Crippen molar-refractivity contribution in [2.45, 2.75) is 33.8 Å². The van der Waals surface area contributed by atoms with E-state index >= 15 is 0 Å². The molecule has 0 radical (unpaired) electrons. The van der Waals surface area contributed by atoms with Crippen molar-refractivity contribution in [3.63, 3.8) is 0 Å². The smallest absolute Gasteiger partial charge is 0.271 e. The molecule has 0 spiro atoms. The fourth-order valence-electron chi connectivity index (χ4n) is 2.14. The number of rotatable bonds is 5. The number of benzene rings is 2. The zero-order chi connectivity index (χ0) is 17.9. The van der Waals surface area contributed by atoms with Crippen LogP contribution in [0, 0.1) is 30.9 Å². The third-order valence-electron chi connectivity index (χ3n) is 3.85. The predicted octanol–water partition coefficient (Wildman–Crippen LogP) is 3.93. The maximum atomic E-state index is 12.3. The van der Waals surface area contributed by atoms with Crippen molar-refractivity contribution in [2.75, 3.05) is 5.32 Å². The number of carbonyl (C=O) groups is 1. The van der Waals surface area contributed by atoms with Crippen LogP contribution in [0.3, 0.4) is 0 Å². The first kappa shape index (κ1) is 17.5. The summed E-state index contributed by atoms with van der Waals surface area (Å²) in [5.41, 5.74) is 3.30. The topological polar surface area (TPSA) is 81.5 Å². The monoisotopic (exact) mass is 328 g/mol. The highest BCUT2D eigenvalue weighted by Crippen LogP contribution is 2.23. The van der Waals surface area contributed by atoms with E-state index in [1.807, 2.05) is 32.0 Å². The summed E-state index contributed by atoms with van der Waals surface area (Å²) in [4.78, 5) is 22.7. The lowest BCUT2D eigenvalue weighted by molar-refractivity contribution is -0.384. The van der Waals surface area contributed by atoms with Crippen molar-refractivity contribution in [3.05, 3.63) is 63.2 Å². The number of hydrogen-bond donors (Lipinski definition) is 1. The fraction of sp³-hybridized carbons (Fsp3) is 0.278. The normalized spacial score (nSPS) is 11.7. The van der Waals surface area contributed by atoms with Gasteiger partial charge in [0, 0.05) is 12.1 Å². The van der Waals surface area contributed by atoms with Crippen LogP contribution < -0.4 is 10.1 Å². The maximum Gasteiger partial charge on any atom is 0.271 e. The number of amides is 1. The van der Waals surface area contributed by atoms with Crippen molar-refractivity contribution in [1.82, 2.24) is 0 Å².